The number of hydrogen-bond acceptors (Lipinski definition) is 3. The van der Waals surface area contributed by atoms with E-state index in [-0.39, 0.29) is 5.56 Å². The molecule has 0 saturated heterocycles. The third-order valence-corrected chi connectivity index (χ3v) is 4.08. The summed E-state index contributed by atoms with van der Waals surface area (Å²) in [7, 11) is 1.61. The number of benzene rings is 2. The first kappa shape index (κ1) is 15.4. The molecule has 0 radical (unpaired) electrons. The van der Waals surface area contributed by atoms with Gasteiger partial charge in [-0.2, -0.15) is 0 Å². The van der Waals surface area contributed by atoms with Crippen LogP contribution >= 0.6 is 11.3 Å². The summed E-state index contributed by atoms with van der Waals surface area (Å²) in [5.74, 6) is -0.435. The van der Waals surface area contributed by atoms with Gasteiger partial charge in [0.25, 0.3) is 0 Å². The molecular formula is C18H13F2NOS. The lowest BCUT2D eigenvalue weighted by molar-refractivity contribution is 0.415. The molecule has 0 aliphatic rings. The lowest BCUT2D eigenvalue weighted by atomic mass is 10.1. The summed E-state index contributed by atoms with van der Waals surface area (Å²) in [6, 6.07) is 11.4. The highest BCUT2D eigenvalue weighted by Crippen LogP contribution is 2.28. The van der Waals surface area contributed by atoms with E-state index in [1.165, 1.54) is 29.5 Å². The predicted octanol–water partition coefficient (Wildman–Crippen LogP) is 5.27. The standard InChI is InChI=1S/C18H13F2NOS/c1-22-13-8-5-12(6-9-13)7-10-17-21-16(11-23-17)18-14(19)3-2-4-15(18)20/h2-11H,1H3/b10-7+. The molecule has 116 valence electrons. The number of halogens is 2. The molecule has 0 spiro atoms. The van der Waals surface area contributed by atoms with E-state index in [9.17, 15) is 8.78 Å². The van der Waals surface area contributed by atoms with E-state index in [1.54, 1.807) is 12.5 Å². The minimum atomic E-state index is -0.610. The van der Waals surface area contributed by atoms with Crippen molar-refractivity contribution < 1.29 is 13.5 Å². The zero-order valence-corrected chi connectivity index (χ0v) is 13.1. The summed E-state index contributed by atoms with van der Waals surface area (Å²) in [4.78, 5) is 4.28. The van der Waals surface area contributed by atoms with Crippen LogP contribution in [0.4, 0.5) is 8.78 Å². The molecule has 0 amide bonds. The Morgan fingerprint density at radius 2 is 1.70 bits per heavy atom. The van der Waals surface area contributed by atoms with Crippen LogP contribution in [-0.4, -0.2) is 12.1 Å². The van der Waals surface area contributed by atoms with Crippen LogP contribution in [0.3, 0.4) is 0 Å². The van der Waals surface area contributed by atoms with Gasteiger partial charge in [0.05, 0.1) is 18.4 Å². The van der Waals surface area contributed by atoms with Gasteiger partial charge in [-0.05, 0) is 35.9 Å². The van der Waals surface area contributed by atoms with Crippen LogP contribution in [0.5, 0.6) is 5.75 Å². The second-order valence-electron chi connectivity index (χ2n) is 4.77. The smallest absolute Gasteiger partial charge is 0.135 e. The van der Waals surface area contributed by atoms with E-state index in [0.29, 0.717) is 10.7 Å². The Kier molecular flexibility index (Phi) is 4.48. The Balaban J connectivity index is 1.83. The third kappa shape index (κ3) is 3.46. The normalized spacial score (nSPS) is 11.1. The quantitative estimate of drug-likeness (QED) is 0.651. The Morgan fingerprint density at radius 1 is 1.00 bits per heavy atom. The summed E-state index contributed by atoms with van der Waals surface area (Å²) < 4.78 is 32.6. The van der Waals surface area contributed by atoms with Crippen LogP contribution in [0.2, 0.25) is 0 Å². The summed E-state index contributed by atoms with van der Waals surface area (Å²) in [5.41, 5.74) is 1.20. The Bertz CT molecular complexity index is 820. The number of thiazole rings is 1. The Morgan fingerprint density at radius 3 is 2.35 bits per heavy atom. The largest absolute Gasteiger partial charge is 0.497 e. The van der Waals surface area contributed by atoms with Gasteiger partial charge in [-0.3, -0.25) is 0 Å². The highest BCUT2D eigenvalue weighted by molar-refractivity contribution is 7.10. The molecule has 0 N–H and O–H groups in total. The maximum absolute atomic E-state index is 13.8. The van der Waals surface area contributed by atoms with Crippen molar-refractivity contribution in [2.45, 2.75) is 0 Å². The predicted molar refractivity (Wildman–Crippen MR) is 89.4 cm³/mol. The molecule has 0 saturated carbocycles. The second kappa shape index (κ2) is 6.71. The number of nitrogens with zero attached hydrogens (tertiary/aromatic N) is 1. The molecule has 0 aliphatic heterocycles. The van der Waals surface area contributed by atoms with E-state index in [0.717, 1.165) is 11.3 Å². The molecule has 0 unspecified atom stereocenters. The molecule has 3 rings (SSSR count). The number of hydrogen-bond donors (Lipinski definition) is 0. The number of methoxy groups -OCH3 is 1. The third-order valence-electron chi connectivity index (χ3n) is 3.28. The molecule has 2 nitrogen and oxygen atoms in total. The molecular weight excluding hydrogens is 316 g/mol. The van der Waals surface area contributed by atoms with Crippen molar-refractivity contribution in [3.63, 3.8) is 0 Å². The van der Waals surface area contributed by atoms with E-state index in [1.807, 2.05) is 36.4 Å². The molecule has 1 aromatic heterocycles. The van der Waals surface area contributed by atoms with Crippen molar-refractivity contribution in [2.24, 2.45) is 0 Å². The van der Waals surface area contributed by atoms with Crippen molar-refractivity contribution in [2.75, 3.05) is 7.11 Å². The van der Waals surface area contributed by atoms with E-state index >= 15 is 0 Å². The average molecular weight is 329 g/mol. The van der Waals surface area contributed by atoms with Gasteiger partial charge in [0.15, 0.2) is 0 Å². The van der Waals surface area contributed by atoms with Crippen molar-refractivity contribution in [1.82, 2.24) is 4.98 Å². The van der Waals surface area contributed by atoms with Crippen LogP contribution < -0.4 is 4.74 Å². The summed E-state index contributed by atoms with van der Waals surface area (Å²) in [5, 5.41) is 2.33. The van der Waals surface area contributed by atoms with Crippen molar-refractivity contribution >= 4 is 23.5 Å². The molecule has 3 aromatic rings. The first-order valence-corrected chi connectivity index (χ1v) is 7.77. The van der Waals surface area contributed by atoms with Crippen LogP contribution in [0, 0.1) is 11.6 Å². The molecule has 0 bridgehead atoms. The van der Waals surface area contributed by atoms with Crippen LogP contribution in [0.15, 0.2) is 47.8 Å². The van der Waals surface area contributed by atoms with Gasteiger partial charge < -0.3 is 4.74 Å². The van der Waals surface area contributed by atoms with E-state index < -0.39 is 11.6 Å². The topological polar surface area (TPSA) is 22.1 Å². The lowest BCUT2D eigenvalue weighted by Gasteiger charge is -2.00. The monoisotopic (exact) mass is 329 g/mol. The van der Waals surface area contributed by atoms with Crippen molar-refractivity contribution in [1.29, 1.82) is 0 Å². The minimum Gasteiger partial charge on any atom is -0.497 e. The van der Waals surface area contributed by atoms with Gasteiger partial charge in [-0.15, -0.1) is 11.3 Å². The highest BCUT2D eigenvalue weighted by atomic mass is 32.1. The SMILES string of the molecule is COc1ccc(/C=C/c2nc(-c3c(F)cccc3F)cs2)cc1. The van der Waals surface area contributed by atoms with E-state index in [2.05, 4.69) is 4.98 Å². The fraction of sp³-hybridized carbons (Fsp3) is 0.0556. The van der Waals surface area contributed by atoms with Gasteiger partial charge >= 0.3 is 0 Å². The molecule has 23 heavy (non-hydrogen) atoms. The molecule has 1 heterocycles. The molecule has 2 aromatic carbocycles. The van der Waals surface area contributed by atoms with Gasteiger partial charge in [0.1, 0.15) is 22.4 Å². The van der Waals surface area contributed by atoms with Gasteiger partial charge in [0.2, 0.25) is 0 Å². The maximum atomic E-state index is 13.8. The lowest BCUT2D eigenvalue weighted by Crippen LogP contribution is -1.89. The summed E-state index contributed by atoms with van der Waals surface area (Å²) in [6.45, 7) is 0. The molecule has 0 atom stereocenters. The second-order valence-corrected chi connectivity index (χ2v) is 5.66. The Hall–Kier alpha value is -2.53. The summed E-state index contributed by atoms with van der Waals surface area (Å²) >= 11 is 1.33. The Labute approximate surface area is 136 Å². The van der Waals surface area contributed by atoms with Gasteiger partial charge in [-0.1, -0.05) is 24.3 Å². The zero-order chi connectivity index (χ0) is 16.2. The zero-order valence-electron chi connectivity index (χ0n) is 12.3. The van der Waals surface area contributed by atoms with Crippen molar-refractivity contribution in [3.05, 3.63) is 70.1 Å². The van der Waals surface area contributed by atoms with Crippen molar-refractivity contribution in [3.8, 4) is 17.0 Å². The first-order chi connectivity index (χ1) is 11.2. The first-order valence-electron chi connectivity index (χ1n) is 6.89. The van der Waals surface area contributed by atoms with E-state index in [4.69, 9.17) is 4.74 Å². The van der Waals surface area contributed by atoms with Crippen LogP contribution in [0.1, 0.15) is 10.6 Å². The number of ether oxygens (including phenoxy) is 1. The molecule has 0 aliphatic carbocycles. The molecule has 0 fully saturated rings. The number of aromatic nitrogens is 1. The van der Waals surface area contributed by atoms with Gasteiger partial charge in [-0.25, -0.2) is 13.8 Å². The van der Waals surface area contributed by atoms with Crippen LogP contribution in [-0.2, 0) is 0 Å². The maximum Gasteiger partial charge on any atom is 0.135 e. The highest BCUT2D eigenvalue weighted by Gasteiger charge is 2.13. The molecule has 5 heteroatoms. The summed E-state index contributed by atoms with van der Waals surface area (Å²) in [6.07, 6.45) is 3.70. The van der Waals surface area contributed by atoms with Gasteiger partial charge in [0, 0.05) is 5.38 Å². The average Bonchev–Trinajstić information content (AvgIpc) is 3.02. The number of rotatable bonds is 4. The van der Waals surface area contributed by atoms with Crippen LogP contribution in [0.25, 0.3) is 23.4 Å². The fourth-order valence-electron chi connectivity index (χ4n) is 2.10. The minimum absolute atomic E-state index is 0.0900. The fourth-order valence-corrected chi connectivity index (χ4v) is 2.80.